The lowest BCUT2D eigenvalue weighted by Gasteiger charge is -2.19. The molecule has 0 atom stereocenters. The van der Waals surface area contributed by atoms with Gasteiger partial charge in [-0.15, -0.1) is 13.2 Å². The van der Waals surface area contributed by atoms with Crippen LogP contribution in [-0.4, -0.2) is 43.8 Å². The lowest BCUT2D eigenvalue weighted by molar-refractivity contribution is -0.274. The van der Waals surface area contributed by atoms with Crippen LogP contribution in [0.2, 0.25) is 0 Å². The Labute approximate surface area is 235 Å². The second-order valence-electron chi connectivity index (χ2n) is 9.44. The number of ketones is 1. The van der Waals surface area contributed by atoms with Crippen molar-refractivity contribution in [2.45, 2.75) is 25.0 Å². The van der Waals surface area contributed by atoms with Crippen LogP contribution >= 0.6 is 0 Å². The van der Waals surface area contributed by atoms with Crippen LogP contribution in [0.4, 0.5) is 36.3 Å². The van der Waals surface area contributed by atoms with Crippen molar-refractivity contribution in [3.8, 4) is 5.75 Å². The average molecular weight is 585 g/mol. The number of rotatable bonds is 11. The van der Waals surface area contributed by atoms with Gasteiger partial charge in [0.15, 0.2) is 9.84 Å². The summed E-state index contributed by atoms with van der Waals surface area (Å²) < 4.78 is 64.0. The van der Waals surface area contributed by atoms with Crippen LogP contribution < -0.4 is 15.0 Å². The first kappa shape index (κ1) is 29.5. The monoisotopic (exact) mass is 584 g/mol. The van der Waals surface area contributed by atoms with E-state index in [1.807, 2.05) is 36.2 Å². The van der Waals surface area contributed by atoms with E-state index in [-0.39, 0.29) is 30.1 Å². The Morgan fingerprint density at radius 3 is 2.17 bits per heavy atom. The lowest BCUT2D eigenvalue weighted by atomic mass is 10.0. The second kappa shape index (κ2) is 12.4. The molecule has 12 heteroatoms. The summed E-state index contributed by atoms with van der Waals surface area (Å²) in [5.74, 6) is 0.464. The Hall–Kier alpha value is -4.45. The lowest BCUT2D eigenvalue weighted by Crippen LogP contribution is -2.17. The first-order valence-corrected chi connectivity index (χ1v) is 14.4. The summed E-state index contributed by atoms with van der Waals surface area (Å²) in [5, 5.41) is 3.10. The zero-order chi connectivity index (χ0) is 29.6. The standard InChI is InChI=1S/C29H27F3N4O4S/c1-36(27-14-15-33-28(35-27)34-23-5-3-4-22(16-23)19-41(2,38)39)24-10-6-20(7-11-24)17-25(37)18-21-8-12-26(13-9-21)40-29(30,31)32/h3-16H,17-19H2,1-2H3,(H,33,34,35). The van der Waals surface area contributed by atoms with Gasteiger partial charge in [-0.2, -0.15) is 4.98 Å². The number of benzene rings is 3. The van der Waals surface area contributed by atoms with Crippen molar-refractivity contribution < 1.29 is 31.1 Å². The van der Waals surface area contributed by atoms with Crippen molar-refractivity contribution in [1.29, 1.82) is 0 Å². The Balaban J connectivity index is 1.36. The van der Waals surface area contributed by atoms with Crippen LogP contribution in [0, 0.1) is 0 Å². The van der Waals surface area contributed by atoms with Crippen LogP contribution in [0.3, 0.4) is 0 Å². The highest BCUT2D eigenvalue weighted by Crippen LogP contribution is 2.25. The van der Waals surface area contributed by atoms with Crippen LogP contribution in [0.15, 0.2) is 85.1 Å². The maximum absolute atomic E-state index is 12.5. The van der Waals surface area contributed by atoms with Gasteiger partial charge in [0.1, 0.15) is 17.4 Å². The molecule has 1 N–H and O–H groups in total. The molecule has 1 heterocycles. The van der Waals surface area contributed by atoms with Crippen LogP contribution in [0.25, 0.3) is 0 Å². The van der Waals surface area contributed by atoms with Gasteiger partial charge in [-0.05, 0) is 59.2 Å². The Kier molecular flexibility index (Phi) is 8.92. The zero-order valence-electron chi connectivity index (χ0n) is 22.2. The number of sulfone groups is 1. The zero-order valence-corrected chi connectivity index (χ0v) is 23.0. The van der Waals surface area contributed by atoms with Gasteiger partial charge in [-0.1, -0.05) is 36.4 Å². The number of carbonyl (C=O) groups is 1. The number of anilines is 4. The first-order chi connectivity index (χ1) is 19.3. The molecule has 0 unspecified atom stereocenters. The van der Waals surface area contributed by atoms with Crippen molar-refractivity contribution in [2.75, 3.05) is 23.5 Å². The summed E-state index contributed by atoms with van der Waals surface area (Å²) in [7, 11) is -1.33. The highest BCUT2D eigenvalue weighted by atomic mass is 32.2. The van der Waals surface area contributed by atoms with Gasteiger partial charge in [-0.3, -0.25) is 4.79 Å². The van der Waals surface area contributed by atoms with Crippen LogP contribution in [0.5, 0.6) is 5.75 Å². The van der Waals surface area contributed by atoms with Gasteiger partial charge < -0.3 is 15.0 Å². The van der Waals surface area contributed by atoms with Gasteiger partial charge >= 0.3 is 6.36 Å². The number of halogens is 3. The molecule has 214 valence electrons. The van der Waals surface area contributed by atoms with Gasteiger partial charge in [-0.25, -0.2) is 13.4 Å². The minimum absolute atomic E-state index is 0.0678. The third-order valence-corrected chi connectivity index (χ3v) is 6.74. The number of aromatic nitrogens is 2. The number of hydrogen-bond acceptors (Lipinski definition) is 8. The molecule has 3 aromatic carbocycles. The van der Waals surface area contributed by atoms with E-state index >= 15 is 0 Å². The summed E-state index contributed by atoms with van der Waals surface area (Å²) in [6.07, 6.45) is -1.72. The van der Waals surface area contributed by atoms with Gasteiger partial charge in [0.05, 0.1) is 5.75 Å². The van der Waals surface area contributed by atoms with E-state index in [1.54, 1.807) is 36.5 Å². The maximum Gasteiger partial charge on any atom is 0.573 e. The van der Waals surface area contributed by atoms with Crippen molar-refractivity contribution in [3.63, 3.8) is 0 Å². The first-order valence-electron chi connectivity index (χ1n) is 12.4. The van der Waals surface area contributed by atoms with Gasteiger partial charge in [0.2, 0.25) is 5.95 Å². The van der Waals surface area contributed by atoms with E-state index in [4.69, 9.17) is 0 Å². The predicted molar refractivity (Wildman–Crippen MR) is 150 cm³/mol. The number of Topliss-reactive ketones (excluding diaryl/α,β-unsaturated/α-hetero) is 1. The fraction of sp³-hybridized carbons (Fsp3) is 0.207. The minimum atomic E-state index is -4.76. The molecular weight excluding hydrogens is 557 g/mol. The third-order valence-electron chi connectivity index (χ3n) is 5.88. The van der Waals surface area contributed by atoms with E-state index in [0.29, 0.717) is 28.6 Å². The van der Waals surface area contributed by atoms with Crippen molar-refractivity contribution in [3.05, 3.63) is 102 Å². The summed E-state index contributed by atoms with van der Waals surface area (Å²) >= 11 is 0. The number of ether oxygens (including phenoxy) is 1. The summed E-state index contributed by atoms with van der Waals surface area (Å²) in [6, 6.07) is 21.4. The topological polar surface area (TPSA) is 101 Å². The molecule has 0 radical (unpaired) electrons. The molecule has 0 saturated carbocycles. The largest absolute Gasteiger partial charge is 0.573 e. The fourth-order valence-electron chi connectivity index (χ4n) is 4.06. The quantitative estimate of drug-likeness (QED) is 0.237. The Bertz CT molecular complexity index is 1610. The van der Waals surface area contributed by atoms with E-state index in [1.165, 1.54) is 30.5 Å². The van der Waals surface area contributed by atoms with E-state index < -0.39 is 16.2 Å². The molecule has 4 aromatic rings. The molecule has 0 bridgehead atoms. The molecule has 4 rings (SSSR count). The fourth-order valence-corrected chi connectivity index (χ4v) is 4.85. The smallest absolute Gasteiger partial charge is 0.406 e. The molecule has 1 aromatic heterocycles. The highest BCUT2D eigenvalue weighted by molar-refractivity contribution is 7.89. The number of carbonyl (C=O) groups excluding carboxylic acids is 1. The SMILES string of the molecule is CN(c1ccc(CC(=O)Cc2ccc(OC(F)(F)F)cc2)cc1)c1ccnc(Nc2cccc(CS(C)(=O)=O)c2)n1. The minimum Gasteiger partial charge on any atom is -0.406 e. The van der Waals surface area contributed by atoms with Crippen LogP contribution in [-0.2, 0) is 33.2 Å². The number of nitrogens with one attached hydrogen (secondary N) is 1. The molecular formula is C29H27F3N4O4S. The molecule has 0 aliphatic rings. The summed E-state index contributed by atoms with van der Waals surface area (Å²) in [6.45, 7) is 0. The molecule has 0 aliphatic carbocycles. The molecule has 0 aliphatic heterocycles. The van der Waals surface area contributed by atoms with E-state index in [9.17, 15) is 26.4 Å². The van der Waals surface area contributed by atoms with Gasteiger partial charge in [0.25, 0.3) is 0 Å². The van der Waals surface area contributed by atoms with Crippen molar-refractivity contribution in [2.24, 2.45) is 0 Å². The van der Waals surface area contributed by atoms with E-state index in [2.05, 4.69) is 20.0 Å². The average Bonchev–Trinajstić information content (AvgIpc) is 2.88. The van der Waals surface area contributed by atoms with Crippen LogP contribution in [0.1, 0.15) is 16.7 Å². The van der Waals surface area contributed by atoms with E-state index in [0.717, 1.165) is 11.3 Å². The normalized spacial score (nSPS) is 11.6. The highest BCUT2D eigenvalue weighted by Gasteiger charge is 2.31. The Morgan fingerprint density at radius 1 is 0.927 bits per heavy atom. The maximum atomic E-state index is 12.5. The van der Waals surface area contributed by atoms with Crippen molar-refractivity contribution >= 4 is 38.8 Å². The molecule has 0 spiro atoms. The molecule has 0 fully saturated rings. The summed E-state index contributed by atoms with van der Waals surface area (Å²) in [5.41, 5.74) is 3.52. The van der Waals surface area contributed by atoms with Crippen molar-refractivity contribution in [1.82, 2.24) is 9.97 Å². The number of nitrogens with zero attached hydrogens (tertiary/aromatic N) is 3. The van der Waals surface area contributed by atoms with Gasteiger partial charge in [0, 0.05) is 43.7 Å². The molecule has 8 nitrogen and oxygen atoms in total. The predicted octanol–water partition coefficient (Wildman–Crippen LogP) is 5.79. The number of alkyl halides is 3. The Morgan fingerprint density at radius 2 is 1.56 bits per heavy atom. The molecule has 41 heavy (non-hydrogen) atoms. The second-order valence-corrected chi connectivity index (χ2v) is 11.6. The number of hydrogen-bond donors (Lipinski definition) is 1. The summed E-state index contributed by atoms with van der Waals surface area (Å²) in [4.78, 5) is 23.2. The third kappa shape index (κ3) is 9.31. The molecule has 0 saturated heterocycles. The molecule has 0 amide bonds.